The molecule has 3 rings (SSSR count). The summed E-state index contributed by atoms with van der Waals surface area (Å²) in [6, 6.07) is 7.83. The molecule has 0 spiro atoms. The van der Waals surface area contributed by atoms with Crippen LogP contribution < -0.4 is 5.32 Å². The number of hydrogen-bond donors (Lipinski definition) is 2. The maximum atomic E-state index is 12.1. The van der Waals surface area contributed by atoms with Gasteiger partial charge in [0.25, 0.3) is 5.91 Å². The molecule has 2 N–H and O–H groups in total. The zero-order valence-electron chi connectivity index (χ0n) is 12.6. The summed E-state index contributed by atoms with van der Waals surface area (Å²) < 4.78 is 0. The number of carbonyl (C=O) groups is 1. The summed E-state index contributed by atoms with van der Waals surface area (Å²) in [6.45, 7) is 5.85. The van der Waals surface area contributed by atoms with Crippen LogP contribution >= 0.6 is 11.8 Å². The molecule has 2 aromatic rings. The molecule has 1 amide bonds. The Hall–Kier alpha value is -2.34. The molecule has 2 heterocycles. The van der Waals surface area contributed by atoms with E-state index in [1.807, 2.05) is 51.1 Å². The summed E-state index contributed by atoms with van der Waals surface area (Å²) in [6.07, 6.45) is 1.86. The van der Waals surface area contributed by atoms with Crippen molar-refractivity contribution in [1.29, 1.82) is 0 Å². The number of nitrogens with zero attached hydrogens (tertiary/aromatic N) is 2. The first-order chi connectivity index (χ1) is 10.5. The predicted octanol–water partition coefficient (Wildman–Crippen LogP) is 3.23. The Bertz CT molecular complexity index is 785. The van der Waals surface area contributed by atoms with Crippen molar-refractivity contribution in [2.45, 2.75) is 20.8 Å². The molecule has 0 aliphatic carbocycles. The van der Waals surface area contributed by atoms with Gasteiger partial charge in [-0.2, -0.15) is 5.10 Å². The second-order valence-corrected chi connectivity index (χ2v) is 6.15. The smallest absolute Gasteiger partial charge is 0.264 e. The first-order valence-corrected chi connectivity index (χ1v) is 7.73. The number of benzene rings is 1. The van der Waals surface area contributed by atoms with Crippen LogP contribution in [0.2, 0.25) is 0 Å². The Kier molecular flexibility index (Phi) is 3.85. The number of aliphatic imine (C=N–C) groups is 1. The minimum absolute atomic E-state index is 0.127. The molecule has 0 saturated carbocycles. The number of thioether (sulfide) groups is 1. The van der Waals surface area contributed by atoms with Crippen LogP contribution in [-0.2, 0) is 4.79 Å². The van der Waals surface area contributed by atoms with Crippen LogP contribution in [0.3, 0.4) is 0 Å². The Morgan fingerprint density at radius 1 is 1.23 bits per heavy atom. The van der Waals surface area contributed by atoms with Gasteiger partial charge >= 0.3 is 0 Å². The van der Waals surface area contributed by atoms with E-state index in [1.54, 1.807) is 0 Å². The monoisotopic (exact) mass is 312 g/mol. The quantitative estimate of drug-likeness (QED) is 0.836. The molecule has 5 nitrogen and oxygen atoms in total. The summed E-state index contributed by atoms with van der Waals surface area (Å²) in [5.41, 5.74) is 4.71. The van der Waals surface area contributed by atoms with Gasteiger partial charge in [-0.3, -0.25) is 9.89 Å². The Morgan fingerprint density at radius 2 is 2.00 bits per heavy atom. The third-order valence-electron chi connectivity index (χ3n) is 3.45. The van der Waals surface area contributed by atoms with E-state index in [0.29, 0.717) is 10.1 Å². The molecule has 1 aliphatic heterocycles. The minimum Gasteiger partial charge on any atom is -0.300 e. The van der Waals surface area contributed by atoms with Gasteiger partial charge < -0.3 is 5.32 Å². The fourth-order valence-corrected chi connectivity index (χ4v) is 3.00. The second-order valence-electron chi connectivity index (χ2n) is 5.12. The lowest BCUT2D eigenvalue weighted by atomic mass is 10.2. The number of nitrogens with one attached hydrogen (secondary N) is 2. The Balaban J connectivity index is 1.90. The van der Waals surface area contributed by atoms with E-state index in [2.05, 4.69) is 20.5 Å². The second kappa shape index (κ2) is 5.81. The largest absolute Gasteiger partial charge is 0.300 e. The van der Waals surface area contributed by atoms with Crippen molar-refractivity contribution in [2.24, 2.45) is 4.99 Å². The molecule has 1 aromatic heterocycles. The molecule has 0 atom stereocenters. The third-order valence-corrected chi connectivity index (χ3v) is 4.36. The van der Waals surface area contributed by atoms with Crippen LogP contribution in [-0.4, -0.2) is 21.3 Å². The fourth-order valence-electron chi connectivity index (χ4n) is 2.18. The number of rotatable bonds is 2. The number of carbonyl (C=O) groups excluding carboxylic acids is 1. The van der Waals surface area contributed by atoms with Gasteiger partial charge in [-0.1, -0.05) is 18.2 Å². The molecular weight excluding hydrogens is 296 g/mol. The van der Waals surface area contributed by atoms with Crippen LogP contribution in [0.15, 0.2) is 34.2 Å². The van der Waals surface area contributed by atoms with Crippen molar-refractivity contribution in [2.75, 3.05) is 0 Å². The van der Waals surface area contributed by atoms with E-state index in [1.165, 1.54) is 11.8 Å². The molecule has 6 heteroatoms. The summed E-state index contributed by atoms with van der Waals surface area (Å²) in [4.78, 5) is 17.2. The summed E-state index contributed by atoms with van der Waals surface area (Å²) in [5, 5.41) is 10.5. The van der Waals surface area contributed by atoms with E-state index < -0.39 is 0 Å². The highest BCUT2D eigenvalue weighted by Crippen LogP contribution is 2.29. The van der Waals surface area contributed by atoms with Crippen molar-refractivity contribution in [3.63, 3.8) is 0 Å². The molecule has 1 aliphatic rings. The summed E-state index contributed by atoms with van der Waals surface area (Å²) in [7, 11) is 0. The molecule has 22 heavy (non-hydrogen) atoms. The zero-order chi connectivity index (χ0) is 15.7. The van der Waals surface area contributed by atoms with Gasteiger partial charge in [0.05, 0.1) is 16.3 Å². The number of H-pyrrole nitrogens is 1. The van der Waals surface area contributed by atoms with Gasteiger partial charge in [0.15, 0.2) is 5.17 Å². The highest BCUT2D eigenvalue weighted by molar-refractivity contribution is 8.18. The van der Waals surface area contributed by atoms with Gasteiger partial charge in [-0.25, -0.2) is 4.99 Å². The number of aromatic nitrogens is 2. The van der Waals surface area contributed by atoms with E-state index in [-0.39, 0.29) is 5.91 Å². The highest BCUT2D eigenvalue weighted by atomic mass is 32.2. The Labute approximate surface area is 132 Å². The van der Waals surface area contributed by atoms with Crippen LogP contribution in [0.4, 0.5) is 5.69 Å². The number of aryl methyl sites for hydroxylation is 3. The maximum Gasteiger partial charge on any atom is 0.264 e. The fraction of sp³-hybridized carbons (Fsp3) is 0.188. The zero-order valence-corrected chi connectivity index (χ0v) is 13.4. The molecule has 112 valence electrons. The molecule has 1 aromatic carbocycles. The molecular formula is C16H16N4OS. The lowest BCUT2D eigenvalue weighted by Crippen LogP contribution is -2.19. The number of amides is 1. The van der Waals surface area contributed by atoms with E-state index in [4.69, 9.17) is 0 Å². The van der Waals surface area contributed by atoms with Crippen molar-refractivity contribution < 1.29 is 4.79 Å². The Morgan fingerprint density at radius 3 is 2.68 bits per heavy atom. The highest BCUT2D eigenvalue weighted by Gasteiger charge is 2.24. The lowest BCUT2D eigenvalue weighted by Gasteiger charge is -1.99. The van der Waals surface area contributed by atoms with Gasteiger partial charge in [0.2, 0.25) is 0 Å². The minimum atomic E-state index is -0.127. The first-order valence-electron chi connectivity index (χ1n) is 6.91. The average Bonchev–Trinajstić information content (AvgIpc) is 2.99. The van der Waals surface area contributed by atoms with Gasteiger partial charge in [-0.15, -0.1) is 0 Å². The van der Waals surface area contributed by atoms with Gasteiger partial charge in [0, 0.05) is 11.3 Å². The van der Waals surface area contributed by atoms with Crippen molar-refractivity contribution in [1.82, 2.24) is 15.5 Å². The van der Waals surface area contributed by atoms with Crippen molar-refractivity contribution in [3.8, 4) is 0 Å². The van der Waals surface area contributed by atoms with E-state index in [0.717, 1.165) is 28.2 Å². The molecule has 0 unspecified atom stereocenters. The number of aromatic amines is 1. The number of para-hydroxylation sites is 1. The standard InChI is InChI=1S/C16H16N4OS/c1-9-6-4-5-7-13(9)17-16-18-15(21)14(22-16)8-12-10(2)19-20-11(12)3/h4-8H,1-3H3,(H,19,20)(H,17,18,21). The first kappa shape index (κ1) is 14.6. The third kappa shape index (κ3) is 2.82. The molecule has 0 bridgehead atoms. The maximum absolute atomic E-state index is 12.1. The normalized spacial score (nSPS) is 18.2. The van der Waals surface area contributed by atoms with Crippen LogP contribution in [0, 0.1) is 20.8 Å². The van der Waals surface area contributed by atoms with Gasteiger partial charge in [0.1, 0.15) is 0 Å². The van der Waals surface area contributed by atoms with Crippen LogP contribution in [0.25, 0.3) is 6.08 Å². The summed E-state index contributed by atoms with van der Waals surface area (Å²) in [5.74, 6) is -0.127. The average molecular weight is 312 g/mol. The molecule has 1 saturated heterocycles. The van der Waals surface area contributed by atoms with Crippen LogP contribution in [0.5, 0.6) is 0 Å². The lowest BCUT2D eigenvalue weighted by molar-refractivity contribution is -0.115. The number of hydrogen-bond acceptors (Lipinski definition) is 4. The molecule has 1 fully saturated rings. The topological polar surface area (TPSA) is 70.1 Å². The van der Waals surface area contributed by atoms with Crippen molar-refractivity contribution >= 4 is 34.6 Å². The number of amidine groups is 1. The van der Waals surface area contributed by atoms with Gasteiger partial charge in [-0.05, 0) is 50.2 Å². The van der Waals surface area contributed by atoms with Crippen molar-refractivity contribution in [3.05, 3.63) is 51.7 Å². The SMILES string of the molecule is Cc1ccccc1N=C1NC(=O)C(=Cc2c(C)n[nH]c2C)S1. The predicted molar refractivity (Wildman–Crippen MR) is 90.0 cm³/mol. The molecule has 0 radical (unpaired) electrons. The van der Waals surface area contributed by atoms with E-state index >= 15 is 0 Å². The summed E-state index contributed by atoms with van der Waals surface area (Å²) >= 11 is 1.35. The van der Waals surface area contributed by atoms with E-state index in [9.17, 15) is 4.79 Å². The van der Waals surface area contributed by atoms with Crippen LogP contribution in [0.1, 0.15) is 22.5 Å².